The van der Waals surface area contributed by atoms with Gasteiger partial charge in [0.25, 0.3) is 0 Å². The minimum absolute atomic E-state index is 0.0951. The van der Waals surface area contributed by atoms with E-state index >= 15 is 0 Å². The zero-order valence-corrected chi connectivity index (χ0v) is 14.5. The van der Waals surface area contributed by atoms with Crippen LogP contribution in [0.4, 0.5) is 5.82 Å². The Labute approximate surface area is 154 Å². The van der Waals surface area contributed by atoms with Crippen molar-refractivity contribution in [2.24, 2.45) is 5.73 Å². The van der Waals surface area contributed by atoms with Gasteiger partial charge in [0.1, 0.15) is 23.3 Å². The van der Waals surface area contributed by atoms with E-state index in [0.29, 0.717) is 6.42 Å². The molecule has 4 atom stereocenters. The van der Waals surface area contributed by atoms with E-state index in [-0.39, 0.29) is 22.8 Å². The second kappa shape index (κ2) is 7.09. The predicted molar refractivity (Wildman–Crippen MR) is 92.7 cm³/mol. The van der Waals surface area contributed by atoms with Crippen LogP contribution in [0.3, 0.4) is 0 Å². The number of aliphatic hydroxyl groups is 3. The van der Waals surface area contributed by atoms with Crippen molar-refractivity contribution < 1.29 is 24.9 Å². The van der Waals surface area contributed by atoms with Gasteiger partial charge in [0.15, 0.2) is 17.7 Å². The smallest absolute Gasteiger partial charge is 0.220 e. The van der Waals surface area contributed by atoms with E-state index in [9.17, 15) is 20.1 Å². The number of imidazole rings is 1. The third-order valence-corrected chi connectivity index (χ3v) is 4.35. The van der Waals surface area contributed by atoms with Crippen LogP contribution < -0.4 is 11.5 Å². The first-order valence-corrected chi connectivity index (χ1v) is 8.25. The number of carbonyl (C=O) groups excluding carboxylic acids is 1. The summed E-state index contributed by atoms with van der Waals surface area (Å²) in [5, 5.41) is 30.5. The summed E-state index contributed by atoms with van der Waals surface area (Å²) >= 11 is 0. The number of hydrogen-bond donors (Lipinski definition) is 5. The molecule has 2 unspecified atom stereocenters. The lowest BCUT2D eigenvalue weighted by Crippen LogP contribution is -2.48. The lowest BCUT2D eigenvalue weighted by Gasteiger charge is -2.28. The fourth-order valence-corrected chi connectivity index (χ4v) is 3.04. The third-order valence-electron chi connectivity index (χ3n) is 4.35. The number of ether oxygens (including phenoxy) is 1. The van der Waals surface area contributed by atoms with Crippen LogP contribution >= 0.6 is 0 Å². The summed E-state index contributed by atoms with van der Waals surface area (Å²) in [5.41, 5.74) is 9.84. The largest absolute Gasteiger partial charge is 0.393 e. The number of hydrogen-bond acceptors (Lipinski definition) is 9. The standard InChI is InChI=1S/C16H20N6O5/c1-2-3-4-9-20-13(18)10-14(21-9)22(7-19-10)15-11(25)12(26)16(6-23,27-15)5-8(17)24/h7,11-12,15,23,25-26H,2,5-6H2,1H3,(H2,17,24)(H2,18,20,21)/t11?,12?,15-,16+/m1/s1. The van der Waals surface area contributed by atoms with Gasteiger partial charge in [-0.05, 0) is 5.92 Å². The molecule has 3 rings (SSSR count). The van der Waals surface area contributed by atoms with Crippen LogP contribution in [0.1, 0.15) is 31.8 Å². The van der Waals surface area contributed by atoms with E-state index < -0.39 is 43.0 Å². The van der Waals surface area contributed by atoms with Crippen LogP contribution in [0.2, 0.25) is 0 Å². The van der Waals surface area contributed by atoms with Crippen LogP contribution in [0.15, 0.2) is 6.33 Å². The van der Waals surface area contributed by atoms with Crippen molar-refractivity contribution in [2.45, 2.75) is 43.8 Å². The number of aromatic nitrogens is 4. The number of nitrogens with two attached hydrogens (primary N) is 2. The number of rotatable bonds is 4. The maximum Gasteiger partial charge on any atom is 0.220 e. The van der Waals surface area contributed by atoms with Gasteiger partial charge in [0.2, 0.25) is 11.7 Å². The van der Waals surface area contributed by atoms with Gasteiger partial charge in [-0.3, -0.25) is 9.36 Å². The normalized spacial score (nSPS) is 27.5. The Hall–Kier alpha value is -2.78. The van der Waals surface area contributed by atoms with E-state index in [4.69, 9.17) is 16.2 Å². The summed E-state index contributed by atoms with van der Waals surface area (Å²) in [6.07, 6.45) is -2.78. The van der Waals surface area contributed by atoms with Crippen LogP contribution in [-0.2, 0) is 9.53 Å². The first-order valence-electron chi connectivity index (χ1n) is 8.25. The first-order chi connectivity index (χ1) is 12.8. The molecule has 1 fully saturated rings. The highest BCUT2D eigenvalue weighted by molar-refractivity contribution is 5.82. The van der Waals surface area contributed by atoms with Gasteiger partial charge in [-0.25, -0.2) is 15.0 Å². The summed E-state index contributed by atoms with van der Waals surface area (Å²) < 4.78 is 7.03. The van der Waals surface area contributed by atoms with Crippen LogP contribution in [-0.4, -0.2) is 65.2 Å². The molecule has 0 aromatic carbocycles. The minimum Gasteiger partial charge on any atom is -0.393 e. The predicted octanol–water partition coefficient (Wildman–Crippen LogP) is -1.97. The molecule has 2 aromatic heterocycles. The fourth-order valence-electron chi connectivity index (χ4n) is 3.04. The molecule has 0 bridgehead atoms. The molecule has 1 amide bonds. The number of carbonyl (C=O) groups is 1. The molecule has 3 heterocycles. The highest BCUT2D eigenvalue weighted by atomic mass is 16.6. The lowest BCUT2D eigenvalue weighted by molar-refractivity contribution is -0.147. The Bertz CT molecular complexity index is 935. The zero-order valence-electron chi connectivity index (χ0n) is 14.5. The van der Waals surface area contributed by atoms with Crippen molar-refractivity contribution in [3.05, 3.63) is 12.2 Å². The minimum atomic E-state index is -1.74. The topological polar surface area (TPSA) is 183 Å². The van der Waals surface area contributed by atoms with Crippen molar-refractivity contribution in [1.82, 2.24) is 19.5 Å². The monoisotopic (exact) mass is 376 g/mol. The Morgan fingerprint density at radius 3 is 2.81 bits per heavy atom. The highest BCUT2D eigenvalue weighted by Crippen LogP contribution is 2.40. The van der Waals surface area contributed by atoms with Crippen molar-refractivity contribution in [3.8, 4) is 11.8 Å². The molecule has 7 N–H and O–H groups in total. The quantitative estimate of drug-likeness (QED) is 0.378. The number of nitrogens with zero attached hydrogens (tertiary/aromatic N) is 4. The average molecular weight is 376 g/mol. The summed E-state index contributed by atoms with van der Waals surface area (Å²) in [4.78, 5) is 23.8. The molecule has 0 saturated carbocycles. The number of anilines is 1. The van der Waals surface area contributed by atoms with E-state index in [1.54, 1.807) is 0 Å². The number of primary amides is 1. The molecule has 2 aromatic rings. The van der Waals surface area contributed by atoms with Gasteiger partial charge in [-0.15, -0.1) is 0 Å². The molecule has 1 aliphatic rings. The summed E-state index contributed by atoms with van der Waals surface area (Å²) in [5.74, 6) is 5.06. The van der Waals surface area contributed by atoms with Gasteiger partial charge in [-0.2, -0.15) is 0 Å². The van der Waals surface area contributed by atoms with E-state index in [1.807, 2.05) is 6.92 Å². The van der Waals surface area contributed by atoms with E-state index in [0.717, 1.165) is 0 Å². The van der Waals surface area contributed by atoms with Crippen molar-refractivity contribution in [2.75, 3.05) is 12.3 Å². The second-order valence-electron chi connectivity index (χ2n) is 6.22. The molecule has 27 heavy (non-hydrogen) atoms. The SMILES string of the molecule is CCC#Cc1nc(N)c2ncn([C@@H]3O[C@](CO)(CC(N)=O)C(O)C3O)c2n1. The maximum atomic E-state index is 11.3. The van der Waals surface area contributed by atoms with Crippen molar-refractivity contribution >= 4 is 22.9 Å². The van der Waals surface area contributed by atoms with Crippen molar-refractivity contribution in [3.63, 3.8) is 0 Å². The molecule has 0 radical (unpaired) electrons. The molecule has 11 nitrogen and oxygen atoms in total. The molecule has 0 spiro atoms. The van der Waals surface area contributed by atoms with Crippen LogP contribution in [0, 0.1) is 11.8 Å². The molecular weight excluding hydrogens is 356 g/mol. The third kappa shape index (κ3) is 3.19. The van der Waals surface area contributed by atoms with Crippen LogP contribution in [0.5, 0.6) is 0 Å². The lowest BCUT2D eigenvalue weighted by atomic mass is 9.92. The Kier molecular flexibility index (Phi) is 4.99. The van der Waals surface area contributed by atoms with E-state index in [2.05, 4.69) is 26.8 Å². The van der Waals surface area contributed by atoms with Gasteiger partial charge in [0.05, 0.1) is 19.4 Å². The van der Waals surface area contributed by atoms with Gasteiger partial charge < -0.3 is 31.5 Å². The number of fused-ring (bicyclic) bond motifs is 1. The molecule has 1 saturated heterocycles. The first kappa shape index (κ1) is 19.0. The second-order valence-corrected chi connectivity index (χ2v) is 6.22. The van der Waals surface area contributed by atoms with Gasteiger partial charge >= 0.3 is 0 Å². The Morgan fingerprint density at radius 2 is 2.19 bits per heavy atom. The Balaban J connectivity index is 2.07. The van der Waals surface area contributed by atoms with E-state index in [1.165, 1.54) is 10.9 Å². The van der Waals surface area contributed by atoms with Crippen LogP contribution in [0.25, 0.3) is 11.2 Å². The molecule has 1 aliphatic heterocycles. The maximum absolute atomic E-state index is 11.3. The molecule has 0 aliphatic carbocycles. The fraction of sp³-hybridized carbons (Fsp3) is 0.500. The summed E-state index contributed by atoms with van der Waals surface area (Å²) in [6, 6.07) is 0. The molecule has 144 valence electrons. The number of aliphatic hydroxyl groups excluding tert-OH is 3. The average Bonchev–Trinajstić information content (AvgIpc) is 3.15. The summed E-state index contributed by atoms with van der Waals surface area (Å²) in [7, 11) is 0. The highest BCUT2D eigenvalue weighted by Gasteiger charge is 2.55. The molecular formula is C16H20N6O5. The summed E-state index contributed by atoms with van der Waals surface area (Å²) in [6.45, 7) is 1.15. The number of nitrogen functional groups attached to an aromatic ring is 1. The number of amides is 1. The Morgan fingerprint density at radius 1 is 1.44 bits per heavy atom. The molecule has 11 heteroatoms. The van der Waals surface area contributed by atoms with Gasteiger partial charge in [0, 0.05) is 6.42 Å². The van der Waals surface area contributed by atoms with Crippen molar-refractivity contribution in [1.29, 1.82) is 0 Å². The zero-order chi connectivity index (χ0) is 19.8. The van der Waals surface area contributed by atoms with Gasteiger partial charge in [-0.1, -0.05) is 12.8 Å².